The molecule has 0 fully saturated rings. The highest BCUT2D eigenvalue weighted by molar-refractivity contribution is 8.01. The van der Waals surface area contributed by atoms with Gasteiger partial charge < -0.3 is 4.90 Å². The molecule has 2 aromatic heterocycles. The number of halogens is 1. The third-order valence-electron chi connectivity index (χ3n) is 2.66. The number of fused-ring (bicyclic) bond motifs is 1. The molecule has 5 nitrogen and oxygen atoms in total. The third-order valence-corrected chi connectivity index (χ3v) is 4.85. The molecule has 0 radical (unpaired) electrons. The van der Waals surface area contributed by atoms with Gasteiger partial charge in [-0.05, 0) is 18.2 Å². The number of pyridine rings is 1. The highest BCUT2D eigenvalue weighted by atomic mass is 35.5. The first kappa shape index (κ1) is 15.2. The van der Waals surface area contributed by atoms with E-state index in [0.29, 0.717) is 10.2 Å². The van der Waals surface area contributed by atoms with Crippen LogP contribution in [0, 0.1) is 0 Å². The molecule has 22 heavy (non-hydrogen) atoms. The predicted octanol–water partition coefficient (Wildman–Crippen LogP) is 4.11. The van der Waals surface area contributed by atoms with Gasteiger partial charge >= 0.3 is 0 Å². The van der Waals surface area contributed by atoms with Crippen molar-refractivity contribution in [2.75, 3.05) is 14.1 Å². The quantitative estimate of drug-likeness (QED) is 0.524. The van der Waals surface area contributed by atoms with Crippen molar-refractivity contribution >= 4 is 57.1 Å². The van der Waals surface area contributed by atoms with Gasteiger partial charge in [-0.25, -0.2) is 4.99 Å². The summed E-state index contributed by atoms with van der Waals surface area (Å²) in [6.07, 6.45) is 3.48. The number of benzene rings is 1. The molecular weight excluding hydrogens is 338 g/mol. The normalized spacial score (nSPS) is 11.4. The van der Waals surface area contributed by atoms with Gasteiger partial charge in [-0.15, -0.1) is 10.2 Å². The maximum Gasteiger partial charge on any atom is 0.233 e. The lowest BCUT2D eigenvalue weighted by molar-refractivity contribution is 0.643. The largest absolute Gasteiger partial charge is 0.369 e. The molecule has 0 unspecified atom stereocenters. The molecule has 0 bridgehead atoms. The van der Waals surface area contributed by atoms with E-state index in [4.69, 9.17) is 11.6 Å². The van der Waals surface area contributed by atoms with Crippen molar-refractivity contribution in [3.8, 4) is 0 Å². The standard InChI is InChI=1S/C14H12ClN5S2/c1-20(2)8-17-13-18-19-14(22-13)21-12-5-6-16-11-7-9(15)3-4-10(11)12/h3-8H,1-2H3. The fourth-order valence-corrected chi connectivity index (χ4v) is 3.67. The van der Waals surface area contributed by atoms with Crippen molar-refractivity contribution < 1.29 is 0 Å². The smallest absolute Gasteiger partial charge is 0.233 e. The van der Waals surface area contributed by atoms with Gasteiger partial charge in [-0.2, -0.15) is 0 Å². The number of rotatable bonds is 4. The van der Waals surface area contributed by atoms with Gasteiger partial charge in [0, 0.05) is 35.6 Å². The Morgan fingerprint density at radius 2 is 2.14 bits per heavy atom. The van der Waals surface area contributed by atoms with E-state index in [1.807, 2.05) is 43.3 Å². The number of nitrogens with zero attached hydrogens (tertiary/aromatic N) is 5. The maximum absolute atomic E-state index is 6.01. The van der Waals surface area contributed by atoms with Crippen LogP contribution in [0.5, 0.6) is 0 Å². The molecule has 1 aromatic carbocycles. The topological polar surface area (TPSA) is 54.3 Å². The van der Waals surface area contributed by atoms with Crippen LogP contribution in [0.25, 0.3) is 10.9 Å². The van der Waals surface area contributed by atoms with E-state index in [2.05, 4.69) is 20.2 Å². The molecule has 0 atom stereocenters. The lowest BCUT2D eigenvalue weighted by atomic mass is 10.2. The summed E-state index contributed by atoms with van der Waals surface area (Å²) >= 11 is 9.01. The van der Waals surface area contributed by atoms with Crippen LogP contribution in [0.3, 0.4) is 0 Å². The van der Waals surface area contributed by atoms with Crippen molar-refractivity contribution in [3.05, 3.63) is 35.5 Å². The number of hydrogen-bond donors (Lipinski definition) is 0. The van der Waals surface area contributed by atoms with Crippen LogP contribution >= 0.6 is 34.7 Å². The number of aromatic nitrogens is 3. The van der Waals surface area contributed by atoms with E-state index in [0.717, 1.165) is 20.1 Å². The van der Waals surface area contributed by atoms with Crippen molar-refractivity contribution in [2.45, 2.75) is 9.24 Å². The zero-order chi connectivity index (χ0) is 15.5. The second kappa shape index (κ2) is 6.60. The summed E-state index contributed by atoms with van der Waals surface area (Å²) in [7, 11) is 3.82. The van der Waals surface area contributed by atoms with Crippen LogP contribution in [0.4, 0.5) is 5.13 Å². The first-order valence-electron chi connectivity index (χ1n) is 6.38. The summed E-state index contributed by atoms with van der Waals surface area (Å²) in [6, 6.07) is 7.65. The Labute approximate surface area is 141 Å². The monoisotopic (exact) mass is 349 g/mol. The van der Waals surface area contributed by atoms with Crippen LogP contribution in [0.1, 0.15) is 0 Å². The summed E-state index contributed by atoms with van der Waals surface area (Å²) in [4.78, 5) is 11.5. The summed E-state index contributed by atoms with van der Waals surface area (Å²) in [5, 5.41) is 10.6. The SMILES string of the molecule is CN(C)C=Nc1nnc(Sc2ccnc3cc(Cl)ccc23)s1. The first-order chi connectivity index (χ1) is 10.6. The molecule has 112 valence electrons. The molecule has 0 saturated heterocycles. The van der Waals surface area contributed by atoms with Gasteiger partial charge in [-0.1, -0.05) is 40.8 Å². The van der Waals surface area contributed by atoms with Gasteiger partial charge in [0.2, 0.25) is 5.13 Å². The molecule has 0 aliphatic carbocycles. The fourth-order valence-electron chi connectivity index (χ4n) is 1.74. The fraction of sp³-hybridized carbons (Fsp3) is 0.143. The van der Waals surface area contributed by atoms with Crippen LogP contribution in [0.15, 0.2) is 44.7 Å². The van der Waals surface area contributed by atoms with Crippen molar-refractivity contribution in [1.29, 1.82) is 0 Å². The minimum atomic E-state index is 0.637. The van der Waals surface area contributed by atoms with E-state index in [1.165, 1.54) is 11.3 Å². The zero-order valence-electron chi connectivity index (χ0n) is 11.9. The summed E-state index contributed by atoms with van der Waals surface area (Å²) in [6.45, 7) is 0. The van der Waals surface area contributed by atoms with Gasteiger partial charge in [0.05, 0.1) is 11.9 Å². The molecule has 8 heteroatoms. The second-order valence-corrected chi connectivity index (χ2v) is 7.31. The van der Waals surface area contributed by atoms with Crippen molar-refractivity contribution in [1.82, 2.24) is 20.1 Å². The van der Waals surface area contributed by atoms with Crippen molar-refractivity contribution in [3.63, 3.8) is 0 Å². The molecule has 0 spiro atoms. The Morgan fingerprint density at radius 1 is 1.27 bits per heavy atom. The van der Waals surface area contributed by atoms with E-state index in [9.17, 15) is 0 Å². The summed E-state index contributed by atoms with van der Waals surface area (Å²) in [5.74, 6) is 0. The Hall–Kier alpha value is -1.70. The minimum absolute atomic E-state index is 0.637. The molecular formula is C14H12ClN5S2. The van der Waals surface area contributed by atoms with E-state index >= 15 is 0 Å². The third kappa shape index (κ3) is 3.55. The molecule has 2 heterocycles. The predicted molar refractivity (Wildman–Crippen MR) is 92.6 cm³/mol. The lowest BCUT2D eigenvalue weighted by Gasteiger charge is -2.03. The highest BCUT2D eigenvalue weighted by Gasteiger charge is 2.09. The molecule has 0 amide bonds. The minimum Gasteiger partial charge on any atom is -0.369 e. The number of hydrogen-bond acceptors (Lipinski definition) is 6. The van der Waals surface area contributed by atoms with Crippen LogP contribution in [-0.2, 0) is 0 Å². The summed E-state index contributed by atoms with van der Waals surface area (Å²) < 4.78 is 0.841. The Balaban J connectivity index is 1.87. The van der Waals surface area contributed by atoms with Gasteiger partial charge in [-0.3, -0.25) is 4.98 Å². The van der Waals surface area contributed by atoms with Gasteiger partial charge in [0.1, 0.15) is 0 Å². The Kier molecular flexibility index (Phi) is 4.56. The molecule has 3 aromatic rings. The van der Waals surface area contributed by atoms with Crippen LogP contribution in [-0.4, -0.2) is 40.5 Å². The van der Waals surface area contributed by atoms with Crippen LogP contribution in [0.2, 0.25) is 5.02 Å². The lowest BCUT2D eigenvalue weighted by Crippen LogP contribution is -2.06. The molecule has 3 rings (SSSR count). The molecule has 0 aliphatic rings. The number of aliphatic imine (C=N–C) groups is 1. The average Bonchev–Trinajstić information content (AvgIpc) is 2.92. The first-order valence-corrected chi connectivity index (χ1v) is 8.39. The van der Waals surface area contributed by atoms with Crippen molar-refractivity contribution in [2.24, 2.45) is 4.99 Å². The molecule has 0 saturated carbocycles. The van der Waals surface area contributed by atoms with E-state index < -0.39 is 0 Å². The Morgan fingerprint density at radius 3 is 2.95 bits per heavy atom. The zero-order valence-corrected chi connectivity index (χ0v) is 14.3. The van der Waals surface area contributed by atoms with E-state index in [1.54, 1.807) is 24.3 Å². The van der Waals surface area contributed by atoms with E-state index in [-0.39, 0.29) is 0 Å². The maximum atomic E-state index is 6.01. The average molecular weight is 350 g/mol. The summed E-state index contributed by atoms with van der Waals surface area (Å²) in [5.41, 5.74) is 0.868. The second-order valence-electron chi connectivity index (χ2n) is 4.63. The molecule has 0 N–H and O–H groups in total. The van der Waals surface area contributed by atoms with Gasteiger partial charge in [0.15, 0.2) is 4.34 Å². The van der Waals surface area contributed by atoms with Crippen LogP contribution < -0.4 is 0 Å². The van der Waals surface area contributed by atoms with Gasteiger partial charge in [0.25, 0.3) is 0 Å². The molecule has 0 aliphatic heterocycles. The highest BCUT2D eigenvalue weighted by Crippen LogP contribution is 2.36. The Bertz CT molecular complexity index is 831.